The molecule has 0 spiro atoms. The zero-order chi connectivity index (χ0) is 14.8. The highest BCUT2D eigenvalue weighted by molar-refractivity contribution is 6.33. The SMILES string of the molecule is COC1CCCC(Nc2cc3c(cc2Cl)NC(=O)CO3)C1. The Morgan fingerprint density at radius 2 is 2.29 bits per heavy atom. The average molecular weight is 311 g/mol. The van der Waals surface area contributed by atoms with E-state index in [4.69, 9.17) is 21.1 Å². The Bertz CT molecular complexity index is 550. The molecule has 3 rings (SSSR count). The quantitative estimate of drug-likeness (QED) is 0.901. The molecule has 1 aromatic rings. The van der Waals surface area contributed by atoms with Crippen molar-refractivity contribution in [2.75, 3.05) is 24.4 Å². The molecule has 0 radical (unpaired) electrons. The number of halogens is 1. The Morgan fingerprint density at radius 1 is 1.43 bits per heavy atom. The van der Waals surface area contributed by atoms with E-state index >= 15 is 0 Å². The molecular weight excluding hydrogens is 292 g/mol. The molecule has 2 atom stereocenters. The standard InChI is InChI=1S/C15H19ClN2O3/c1-20-10-4-2-3-9(5-10)17-12-7-14-13(6-11(12)16)18-15(19)8-21-14/h6-7,9-10,17H,2-5,8H2,1H3,(H,18,19). The van der Waals surface area contributed by atoms with Gasteiger partial charge in [-0.05, 0) is 31.7 Å². The largest absolute Gasteiger partial charge is 0.482 e. The van der Waals surface area contributed by atoms with E-state index < -0.39 is 0 Å². The number of hydrogen-bond donors (Lipinski definition) is 2. The van der Waals surface area contributed by atoms with E-state index in [9.17, 15) is 4.79 Å². The minimum Gasteiger partial charge on any atom is -0.482 e. The van der Waals surface area contributed by atoms with Crippen LogP contribution in [0.2, 0.25) is 5.02 Å². The van der Waals surface area contributed by atoms with Gasteiger partial charge in [0, 0.05) is 19.2 Å². The van der Waals surface area contributed by atoms with Crippen LogP contribution in [-0.2, 0) is 9.53 Å². The molecule has 1 fully saturated rings. The molecule has 1 aromatic carbocycles. The maximum atomic E-state index is 11.3. The molecule has 2 unspecified atom stereocenters. The molecule has 6 heteroatoms. The molecule has 0 saturated heterocycles. The van der Waals surface area contributed by atoms with Gasteiger partial charge in [-0.25, -0.2) is 0 Å². The molecule has 1 amide bonds. The average Bonchev–Trinajstić information content (AvgIpc) is 2.48. The van der Waals surface area contributed by atoms with Gasteiger partial charge >= 0.3 is 0 Å². The molecule has 1 heterocycles. The lowest BCUT2D eigenvalue weighted by molar-refractivity contribution is -0.118. The molecule has 1 aliphatic carbocycles. The Balaban J connectivity index is 1.75. The number of nitrogens with one attached hydrogen (secondary N) is 2. The molecule has 2 N–H and O–H groups in total. The van der Waals surface area contributed by atoms with Crippen LogP contribution in [0.1, 0.15) is 25.7 Å². The summed E-state index contributed by atoms with van der Waals surface area (Å²) in [5.41, 5.74) is 1.47. The number of fused-ring (bicyclic) bond motifs is 1. The maximum absolute atomic E-state index is 11.3. The third-order valence-corrected chi connectivity index (χ3v) is 4.33. The summed E-state index contributed by atoms with van der Waals surface area (Å²) in [7, 11) is 1.76. The number of anilines is 2. The molecule has 0 aromatic heterocycles. The number of carbonyl (C=O) groups is 1. The summed E-state index contributed by atoms with van der Waals surface area (Å²) < 4.78 is 10.9. The van der Waals surface area contributed by atoms with Gasteiger partial charge < -0.3 is 20.1 Å². The Labute approximate surface area is 128 Å². The highest BCUT2D eigenvalue weighted by Gasteiger charge is 2.23. The van der Waals surface area contributed by atoms with Crippen LogP contribution in [0.5, 0.6) is 5.75 Å². The predicted octanol–water partition coefficient (Wildman–Crippen LogP) is 3.04. The first-order chi connectivity index (χ1) is 10.2. The van der Waals surface area contributed by atoms with E-state index in [1.807, 2.05) is 6.07 Å². The molecule has 5 nitrogen and oxygen atoms in total. The van der Waals surface area contributed by atoms with Gasteiger partial charge in [-0.1, -0.05) is 11.6 Å². The van der Waals surface area contributed by atoms with Gasteiger partial charge in [-0.15, -0.1) is 0 Å². The number of carbonyl (C=O) groups excluding carboxylic acids is 1. The first-order valence-corrected chi connectivity index (χ1v) is 7.59. The van der Waals surface area contributed by atoms with Crippen LogP contribution < -0.4 is 15.4 Å². The van der Waals surface area contributed by atoms with Crippen molar-refractivity contribution in [3.8, 4) is 5.75 Å². The van der Waals surface area contributed by atoms with Crippen molar-refractivity contribution < 1.29 is 14.3 Å². The number of rotatable bonds is 3. The second kappa shape index (κ2) is 6.12. The summed E-state index contributed by atoms with van der Waals surface area (Å²) in [5.74, 6) is 0.495. The van der Waals surface area contributed by atoms with Crippen molar-refractivity contribution in [2.45, 2.75) is 37.8 Å². The third-order valence-electron chi connectivity index (χ3n) is 4.02. The zero-order valence-electron chi connectivity index (χ0n) is 11.9. The first kappa shape index (κ1) is 14.5. The Kier molecular flexibility index (Phi) is 4.22. The minimum absolute atomic E-state index is 0.0449. The zero-order valence-corrected chi connectivity index (χ0v) is 12.7. The van der Waals surface area contributed by atoms with Crippen LogP contribution in [0.25, 0.3) is 0 Å². The van der Waals surface area contributed by atoms with Crippen molar-refractivity contribution in [3.63, 3.8) is 0 Å². The molecule has 1 aliphatic heterocycles. The minimum atomic E-state index is -0.158. The lowest BCUT2D eigenvalue weighted by Crippen LogP contribution is -2.31. The van der Waals surface area contributed by atoms with E-state index in [1.54, 1.807) is 13.2 Å². The second-order valence-corrected chi connectivity index (χ2v) is 5.94. The summed E-state index contributed by atoms with van der Waals surface area (Å²) in [6.45, 7) is 0.0449. The molecule has 114 valence electrons. The van der Waals surface area contributed by atoms with Gasteiger partial charge in [0.05, 0.1) is 22.5 Å². The molecular formula is C15H19ClN2O3. The van der Waals surface area contributed by atoms with E-state index in [-0.39, 0.29) is 12.5 Å². The molecule has 0 bridgehead atoms. The number of benzene rings is 1. The van der Waals surface area contributed by atoms with Gasteiger partial charge in [-0.3, -0.25) is 4.79 Å². The molecule has 1 saturated carbocycles. The summed E-state index contributed by atoms with van der Waals surface area (Å²) in [5, 5.41) is 6.80. The fraction of sp³-hybridized carbons (Fsp3) is 0.533. The second-order valence-electron chi connectivity index (χ2n) is 5.53. The summed E-state index contributed by atoms with van der Waals surface area (Å²) in [6.07, 6.45) is 4.64. The van der Waals surface area contributed by atoms with Gasteiger partial charge in [0.25, 0.3) is 5.91 Å². The third kappa shape index (κ3) is 3.24. The number of ether oxygens (including phenoxy) is 2. The fourth-order valence-electron chi connectivity index (χ4n) is 2.92. The first-order valence-electron chi connectivity index (χ1n) is 7.21. The molecule has 21 heavy (non-hydrogen) atoms. The summed E-state index contributed by atoms with van der Waals surface area (Å²) >= 11 is 6.30. The Hall–Kier alpha value is -1.46. The number of methoxy groups -OCH3 is 1. The van der Waals surface area contributed by atoms with Crippen molar-refractivity contribution in [1.82, 2.24) is 0 Å². The van der Waals surface area contributed by atoms with Crippen molar-refractivity contribution >= 4 is 28.9 Å². The van der Waals surface area contributed by atoms with E-state index in [0.29, 0.717) is 28.6 Å². The van der Waals surface area contributed by atoms with Gasteiger partial charge in [0.2, 0.25) is 0 Å². The van der Waals surface area contributed by atoms with Crippen molar-refractivity contribution in [1.29, 1.82) is 0 Å². The lowest BCUT2D eigenvalue weighted by atomic mass is 9.92. The van der Waals surface area contributed by atoms with Crippen LogP contribution in [0.3, 0.4) is 0 Å². The van der Waals surface area contributed by atoms with E-state index in [0.717, 1.165) is 31.4 Å². The highest BCUT2D eigenvalue weighted by Crippen LogP contribution is 2.37. The van der Waals surface area contributed by atoms with Crippen LogP contribution >= 0.6 is 11.6 Å². The van der Waals surface area contributed by atoms with Gasteiger partial charge in [-0.2, -0.15) is 0 Å². The predicted molar refractivity (Wildman–Crippen MR) is 82.3 cm³/mol. The van der Waals surface area contributed by atoms with Crippen LogP contribution in [-0.4, -0.2) is 31.8 Å². The van der Waals surface area contributed by atoms with Crippen LogP contribution in [0, 0.1) is 0 Å². The summed E-state index contributed by atoms with van der Waals surface area (Å²) in [6, 6.07) is 3.93. The van der Waals surface area contributed by atoms with Crippen LogP contribution in [0.4, 0.5) is 11.4 Å². The maximum Gasteiger partial charge on any atom is 0.262 e. The fourth-order valence-corrected chi connectivity index (χ4v) is 3.14. The highest BCUT2D eigenvalue weighted by atomic mass is 35.5. The van der Waals surface area contributed by atoms with Crippen LogP contribution in [0.15, 0.2) is 12.1 Å². The van der Waals surface area contributed by atoms with E-state index in [2.05, 4.69) is 10.6 Å². The van der Waals surface area contributed by atoms with Crippen molar-refractivity contribution in [2.24, 2.45) is 0 Å². The smallest absolute Gasteiger partial charge is 0.262 e. The van der Waals surface area contributed by atoms with Gasteiger partial charge in [0.1, 0.15) is 5.75 Å². The topological polar surface area (TPSA) is 59.6 Å². The Morgan fingerprint density at radius 3 is 3.10 bits per heavy atom. The molecule has 2 aliphatic rings. The summed E-state index contributed by atoms with van der Waals surface area (Å²) in [4.78, 5) is 11.3. The lowest BCUT2D eigenvalue weighted by Gasteiger charge is -2.30. The number of hydrogen-bond acceptors (Lipinski definition) is 4. The van der Waals surface area contributed by atoms with E-state index in [1.165, 1.54) is 0 Å². The van der Waals surface area contributed by atoms with Crippen molar-refractivity contribution in [3.05, 3.63) is 17.2 Å². The normalized spacial score (nSPS) is 24.8. The van der Waals surface area contributed by atoms with Gasteiger partial charge in [0.15, 0.2) is 6.61 Å². The monoisotopic (exact) mass is 310 g/mol. The number of amides is 1.